The predicted octanol–water partition coefficient (Wildman–Crippen LogP) is 4.24. The Morgan fingerprint density at radius 1 is 0.933 bits per heavy atom. The maximum absolute atomic E-state index is 12.5. The smallest absolute Gasteiger partial charge is 0.340 e. The Morgan fingerprint density at radius 3 is 2.07 bits per heavy atom. The van der Waals surface area contributed by atoms with Gasteiger partial charge < -0.3 is 19.7 Å². The van der Waals surface area contributed by atoms with Crippen LogP contribution in [0.25, 0.3) is 0 Å². The lowest BCUT2D eigenvalue weighted by Crippen LogP contribution is -2.32. The molecule has 146 valence electrons. The molecule has 0 radical (unpaired) electrons. The number of hydrogen-bond acceptors (Lipinski definition) is 8. The summed E-state index contributed by atoms with van der Waals surface area (Å²) in [4.78, 5) is 15.4. The SMILES string of the molecule is N#CN=C=S.O=C1OC2(c3ccc(O)cc3Oc3cc(O)ccc32)c2ccccc21. The number of aliphatic imine (C=N–C) groups is 1. The maximum Gasteiger partial charge on any atom is 0.340 e. The zero-order chi connectivity index (χ0) is 21.3. The highest BCUT2D eigenvalue weighted by molar-refractivity contribution is 7.78. The first-order chi connectivity index (χ1) is 14.5. The first-order valence-corrected chi connectivity index (χ1v) is 9.05. The lowest BCUT2D eigenvalue weighted by molar-refractivity contribution is 0.0224. The van der Waals surface area contributed by atoms with Gasteiger partial charge in [-0.3, -0.25) is 0 Å². The Morgan fingerprint density at radius 2 is 1.53 bits per heavy atom. The number of benzene rings is 3. The van der Waals surface area contributed by atoms with Crippen molar-refractivity contribution in [1.29, 1.82) is 5.26 Å². The summed E-state index contributed by atoms with van der Waals surface area (Å²) in [5.74, 6) is 0.408. The summed E-state index contributed by atoms with van der Waals surface area (Å²) < 4.78 is 11.8. The van der Waals surface area contributed by atoms with Gasteiger partial charge >= 0.3 is 5.97 Å². The molecule has 2 aliphatic rings. The highest BCUT2D eigenvalue weighted by Gasteiger charge is 2.53. The normalized spacial score (nSPS) is 13.8. The maximum atomic E-state index is 12.5. The van der Waals surface area contributed by atoms with Crippen molar-refractivity contribution in [1.82, 2.24) is 0 Å². The molecule has 0 bridgehead atoms. The molecule has 0 aliphatic carbocycles. The summed E-state index contributed by atoms with van der Waals surface area (Å²) >= 11 is 4.01. The van der Waals surface area contributed by atoms with Crippen LogP contribution in [0.4, 0.5) is 0 Å². The topological polar surface area (TPSA) is 112 Å². The highest BCUT2D eigenvalue weighted by Crippen LogP contribution is 2.56. The summed E-state index contributed by atoms with van der Waals surface area (Å²) in [5.41, 5.74) is 1.28. The molecule has 0 aromatic heterocycles. The number of isothiocyanates is 1. The second kappa shape index (κ2) is 7.33. The van der Waals surface area contributed by atoms with E-state index in [1.807, 2.05) is 17.3 Å². The Balaban J connectivity index is 0.000000393. The molecule has 2 aliphatic heterocycles. The van der Waals surface area contributed by atoms with Crippen molar-refractivity contribution in [3.63, 3.8) is 0 Å². The van der Waals surface area contributed by atoms with E-state index in [4.69, 9.17) is 14.7 Å². The Labute approximate surface area is 176 Å². The van der Waals surface area contributed by atoms with Gasteiger partial charge in [0.05, 0.1) is 10.7 Å². The van der Waals surface area contributed by atoms with Crippen LogP contribution in [0.1, 0.15) is 27.0 Å². The number of phenolic OH excluding ortho intramolecular Hbond substituents is 2. The summed E-state index contributed by atoms with van der Waals surface area (Å²) in [6.07, 6.45) is 1.43. The van der Waals surface area contributed by atoms with Crippen molar-refractivity contribution in [2.75, 3.05) is 0 Å². The van der Waals surface area contributed by atoms with Gasteiger partial charge in [-0.15, -0.1) is 4.99 Å². The molecule has 7 nitrogen and oxygen atoms in total. The van der Waals surface area contributed by atoms with Crippen LogP contribution in [0.2, 0.25) is 0 Å². The van der Waals surface area contributed by atoms with Crippen LogP contribution in [0.5, 0.6) is 23.0 Å². The molecule has 30 heavy (non-hydrogen) atoms. The Kier molecular flexibility index (Phi) is 4.68. The van der Waals surface area contributed by atoms with Crippen LogP contribution in [-0.2, 0) is 10.3 Å². The average molecular weight is 416 g/mol. The number of nitrogens with zero attached hydrogens (tertiary/aromatic N) is 2. The van der Waals surface area contributed by atoms with E-state index in [1.165, 1.54) is 30.5 Å². The average Bonchev–Trinajstić information content (AvgIpc) is 3.02. The van der Waals surface area contributed by atoms with Crippen molar-refractivity contribution >= 4 is 23.3 Å². The first kappa shape index (κ1) is 19.2. The minimum absolute atomic E-state index is 0.0371. The van der Waals surface area contributed by atoms with E-state index in [-0.39, 0.29) is 11.5 Å². The fourth-order valence-electron chi connectivity index (χ4n) is 3.67. The van der Waals surface area contributed by atoms with Gasteiger partial charge in [0.25, 0.3) is 0 Å². The second-order valence-corrected chi connectivity index (χ2v) is 6.56. The molecule has 0 fully saturated rings. The third-order valence-corrected chi connectivity index (χ3v) is 4.87. The van der Waals surface area contributed by atoms with Crippen molar-refractivity contribution in [3.05, 3.63) is 82.9 Å². The zero-order valence-electron chi connectivity index (χ0n) is 15.2. The number of ether oxygens (including phenoxy) is 2. The number of carbonyl (C=O) groups is 1. The number of nitriles is 1. The second-order valence-electron chi connectivity index (χ2n) is 6.38. The molecule has 0 saturated carbocycles. The number of fused-ring (bicyclic) bond motifs is 6. The van der Waals surface area contributed by atoms with E-state index < -0.39 is 11.6 Å². The fraction of sp³-hybridized carbons (Fsp3) is 0.0455. The van der Waals surface area contributed by atoms with Crippen molar-refractivity contribution < 1.29 is 24.5 Å². The third kappa shape index (κ3) is 2.86. The van der Waals surface area contributed by atoms with Crippen molar-refractivity contribution in [2.45, 2.75) is 5.60 Å². The Bertz CT molecular complexity index is 1220. The standard InChI is InChI=1S/C20H12O5.C2N2S/c21-11-5-7-15-17(9-11)24-18-10-12(22)6-8-16(18)20(15)14-4-2-1-3-13(14)19(23)25-20;3-1-4-2-5/h1-10,21-22H;. The van der Waals surface area contributed by atoms with E-state index in [2.05, 4.69) is 17.2 Å². The van der Waals surface area contributed by atoms with Gasteiger partial charge in [-0.2, -0.15) is 5.26 Å². The number of rotatable bonds is 0. The summed E-state index contributed by atoms with van der Waals surface area (Å²) in [7, 11) is 0. The molecule has 0 atom stereocenters. The quantitative estimate of drug-likeness (QED) is 0.244. The van der Waals surface area contributed by atoms with E-state index in [9.17, 15) is 15.0 Å². The van der Waals surface area contributed by atoms with Gasteiger partial charge in [0.15, 0.2) is 5.60 Å². The van der Waals surface area contributed by atoms with E-state index in [1.54, 1.807) is 24.3 Å². The number of aromatic hydroxyl groups is 2. The molecule has 2 heterocycles. The predicted molar refractivity (Wildman–Crippen MR) is 109 cm³/mol. The largest absolute Gasteiger partial charge is 0.508 e. The molecule has 1 spiro atoms. The lowest BCUT2D eigenvalue weighted by atomic mass is 9.77. The molecule has 0 unspecified atom stereocenters. The van der Waals surface area contributed by atoms with Gasteiger partial charge in [-0.1, -0.05) is 18.2 Å². The van der Waals surface area contributed by atoms with Crippen LogP contribution in [0.15, 0.2) is 65.7 Å². The van der Waals surface area contributed by atoms with Gasteiger partial charge in [-0.05, 0) is 42.5 Å². The molecule has 5 rings (SSSR count). The van der Waals surface area contributed by atoms with Gasteiger partial charge in [-0.25, -0.2) is 4.79 Å². The minimum atomic E-state index is -1.17. The summed E-state index contributed by atoms with van der Waals surface area (Å²) in [6, 6.07) is 16.6. The first-order valence-electron chi connectivity index (χ1n) is 8.65. The number of carbonyl (C=O) groups excluding carboxylic acids is 1. The Hall–Kier alpha value is -4.18. The van der Waals surface area contributed by atoms with Crippen LogP contribution in [-0.4, -0.2) is 21.3 Å². The van der Waals surface area contributed by atoms with Crippen LogP contribution >= 0.6 is 12.2 Å². The number of esters is 1. The number of hydrogen-bond donors (Lipinski definition) is 2. The van der Waals surface area contributed by atoms with Crippen LogP contribution < -0.4 is 4.74 Å². The fourth-order valence-corrected chi connectivity index (χ4v) is 3.71. The van der Waals surface area contributed by atoms with Crippen molar-refractivity contribution in [3.8, 4) is 29.2 Å². The summed E-state index contributed by atoms with van der Waals surface area (Å²) in [5, 5.41) is 29.0. The minimum Gasteiger partial charge on any atom is -0.508 e. The van der Waals surface area contributed by atoms with Gasteiger partial charge in [0, 0.05) is 28.8 Å². The zero-order valence-corrected chi connectivity index (χ0v) is 16.0. The van der Waals surface area contributed by atoms with E-state index in [0.717, 1.165) is 0 Å². The molecule has 0 saturated heterocycles. The van der Waals surface area contributed by atoms with Crippen LogP contribution in [0.3, 0.4) is 0 Å². The molecule has 3 aromatic carbocycles. The van der Waals surface area contributed by atoms with E-state index >= 15 is 0 Å². The third-order valence-electron chi connectivity index (χ3n) is 4.78. The molecular formula is C22H12N2O5S. The van der Waals surface area contributed by atoms with Gasteiger partial charge in [0.2, 0.25) is 6.19 Å². The van der Waals surface area contributed by atoms with Crippen LogP contribution in [0, 0.1) is 11.5 Å². The van der Waals surface area contributed by atoms with Crippen molar-refractivity contribution in [2.24, 2.45) is 4.99 Å². The lowest BCUT2D eigenvalue weighted by Gasteiger charge is -2.36. The molecule has 8 heteroatoms. The number of thiocarbonyl (C=S) groups is 1. The van der Waals surface area contributed by atoms with E-state index in [0.29, 0.717) is 33.8 Å². The van der Waals surface area contributed by atoms with Gasteiger partial charge in [0.1, 0.15) is 23.0 Å². The summed E-state index contributed by atoms with van der Waals surface area (Å²) in [6.45, 7) is 0. The molecular weight excluding hydrogens is 404 g/mol. The molecule has 0 amide bonds. The molecule has 3 aromatic rings. The highest BCUT2D eigenvalue weighted by atomic mass is 32.1. The monoisotopic (exact) mass is 416 g/mol. The number of phenols is 2. The molecule has 2 N–H and O–H groups in total.